The molecule has 0 unspecified atom stereocenters. The second-order valence-corrected chi connectivity index (χ2v) is 4.04. The van der Waals surface area contributed by atoms with Gasteiger partial charge in [0.25, 0.3) is 0 Å². The van der Waals surface area contributed by atoms with Crippen LogP contribution in [0.4, 0.5) is 4.39 Å². The number of carbonyl (C=O) groups is 1. The maximum atomic E-state index is 13.4. The third kappa shape index (κ3) is 3.89. The van der Waals surface area contributed by atoms with Crippen molar-refractivity contribution in [1.82, 2.24) is 4.90 Å². The average molecular weight is 260 g/mol. The van der Waals surface area contributed by atoms with E-state index >= 15 is 0 Å². The van der Waals surface area contributed by atoms with Crippen molar-refractivity contribution in [3.05, 3.63) is 29.6 Å². The van der Waals surface area contributed by atoms with Crippen molar-refractivity contribution in [1.29, 1.82) is 0 Å². The molecule has 0 aliphatic rings. The first-order valence-corrected chi connectivity index (χ1v) is 5.74. The molecule has 17 heavy (non-hydrogen) atoms. The van der Waals surface area contributed by atoms with Crippen LogP contribution in [0.3, 0.4) is 0 Å². The molecular formula is C12H15ClFNO2. The highest BCUT2D eigenvalue weighted by molar-refractivity contribution is 6.18. The quantitative estimate of drug-likeness (QED) is 0.760. The molecule has 1 aromatic rings. The molecule has 0 fully saturated rings. The Bertz CT molecular complexity index is 398. The zero-order valence-corrected chi connectivity index (χ0v) is 10.6. The highest BCUT2D eigenvalue weighted by Crippen LogP contribution is 2.18. The van der Waals surface area contributed by atoms with E-state index < -0.39 is 5.82 Å². The Kier molecular flexibility index (Phi) is 5.22. The van der Waals surface area contributed by atoms with Gasteiger partial charge in [-0.15, -0.1) is 11.6 Å². The van der Waals surface area contributed by atoms with Gasteiger partial charge in [-0.3, -0.25) is 4.79 Å². The van der Waals surface area contributed by atoms with Crippen LogP contribution in [0.1, 0.15) is 12.0 Å². The van der Waals surface area contributed by atoms with Gasteiger partial charge in [0.2, 0.25) is 5.91 Å². The number of ether oxygens (including phenoxy) is 1. The smallest absolute Gasteiger partial charge is 0.223 e. The monoisotopic (exact) mass is 259 g/mol. The topological polar surface area (TPSA) is 29.5 Å². The van der Waals surface area contributed by atoms with Crippen LogP contribution < -0.4 is 4.74 Å². The highest BCUT2D eigenvalue weighted by Gasteiger charge is 2.10. The van der Waals surface area contributed by atoms with Crippen LogP contribution in [0.2, 0.25) is 0 Å². The molecule has 0 atom stereocenters. The van der Waals surface area contributed by atoms with Crippen molar-refractivity contribution in [2.45, 2.75) is 13.0 Å². The molecule has 0 heterocycles. The SMILES string of the molecule is COc1ccc(CN(C)C(=O)CCCl)cc1F. The number of carbonyl (C=O) groups excluding carboxylic acids is 1. The minimum absolute atomic E-state index is 0.0590. The summed E-state index contributed by atoms with van der Waals surface area (Å²) in [7, 11) is 3.07. The Balaban J connectivity index is 2.68. The second kappa shape index (κ2) is 6.45. The van der Waals surface area contributed by atoms with Crippen LogP contribution in [0.5, 0.6) is 5.75 Å². The van der Waals surface area contributed by atoms with E-state index in [-0.39, 0.29) is 18.1 Å². The molecule has 0 aliphatic carbocycles. The molecule has 1 aromatic carbocycles. The van der Waals surface area contributed by atoms with Crippen molar-refractivity contribution < 1.29 is 13.9 Å². The second-order valence-electron chi connectivity index (χ2n) is 3.66. The lowest BCUT2D eigenvalue weighted by Gasteiger charge is -2.17. The minimum Gasteiger partial charge on any atom is -0.494 e. The van der Waals surface area contributed by atoms with E-state index in [1.54, 1.807) is 19.2 Å². The number of halogens is 2. The first-order chi connectivity index (χ1) is 8.08. The van der Waals surface area contributed by atoms with Gasteiger partial charge in [-0.25, -0.2) is 4.39 Å². The van der Waals surface area contributed by atoms with Gasteiger partial charge in [0.05, 0.1) is 7.11 Å². The Morgan fingerprint density at radius 3 is 2.76 bits per heavy atom. The molecule has 0 radical (unpaired) electrons. The fourth-order valence-corrected chi connectivity index (χ4v) is 1.60. The molecule has 5 heteroatoms. The number of amides is 1. The molecule has 1 rings (SSSR count). The normalized spacial score (nSPS) is 10.1. The van der Waals surface area contributed by atoms with Crippen LogP contribution >= 0.6 is 11.6 Å². The molecule has 1 amide bonds. The third-order valence-electron chi connectivity index (χ3n) is 2.37. The fraction of sp³-hybridized carbons (Fsp3) is 0.417. The van der Waals surface area contributed by atoms with E-state index in [1.807, 2.05) is 0 Å². The van der Waals surface area contributed by atoms with E-state index in [0.717, 1.165) is 0 Å². The van der Waals surface area contributed by atoms with Crippen LogP contribution in [0.15, 0.2) is 18.2 Å². The molecule has 0 aliphatic heterocycles. The van der Waals surface area contributed by atoms with Gasteiger partial charge in [-0.05, 0) is 17.7 Å². The van der Waals surface area contributed by atoms with E-state index in [0.29, 0.717) is 18.0 Å². The summed E-state index contributed by atoms with van der Waals surface area (Å²) in [6, 6.07) is 4.64. The van der Waals surface area contributed by atoms with E-state index in [1.165, 1.54) is 18.1 Å². The number of hydrogen-bond donors (Lipinski definition) is 0. The molecule has 0 aromatic heterocycles. The summed E-state index contributed by atoms with van der Waals surface area (Å²) in [6.45, 7) is 0.358. The lowest BCUT2D eigenvalue weighted by atomic mass is 10.2. The summed E-state index contributed by atoms with van der Waals surface area (Å²) < 4.78 is 18.2. The van der Waals surface area contributed by atoms with E-state index in [9.17, 15) is 9.18 Å². The van der Waals surface area contributed by atoms with Gasteiger partial charge in [-0.2, -0.15) is 0 Å². The first kappa shape index (κ1) is 13.8. The van der Waals surface area contributed by atoms with E-state index in [2.05, 4.69) is 0 Å². The molecule has 3 nitrogen and oxygen atoms in total. The molecule has 0 saturated carbocycles. The number of methoxy groups -OCH3 is 1. The molecule has 94 valence electrons. The maximum Gasteiger partial charge on any atom is 0.223 e. The van der Waals surface area contributed by atoms with Gasteiger partial charge in [0.15, 0.2) is 11.6 Å². The van der Waals surface area contributed by atoms with Crippen molar-refractivity contribution in [3.8, 4) is 5.75 Å². The fourth-order valence-electron chi connectivity index (χ4n) is 1.44. The Morgan fingerprint density at radius 1 is 1.53 bits per heavy atom. The van der Waals surface area contributed by atoms with Gasteiger partial charge in [0, 0.05) is 25.9 Å². The Morgan fingerprint density at radius 2 is 2.24 bits per heavy atom. The van der Waals surface area contributed by atoms with E-state index in [4.69, 9.17) is 16.3 Å². The zero-order valence-electron chi connectivity index (χ0n) is 9.87. The zero-order chi connectivity index (χ0) is 12.8. The van der Waals surface area contributed by atoms with Gasteiger partial charge in [0.1, 0.15) is 0 Å². The Hall–Kier alpha value is -1.29. The average Bonchev–Trinajstić information content (AvgIpc) is 2.29. The van der Waals surface area contributed by atoms with Crippen molar-refractivity contribution in [2.75, 3.05) is 20.0 Å². The van der Waals surface area contributed by atoms with Crippen LogP contribution in [0, 0.1) is 5.82 Å². The first-order valence-electron chi connectivity index (χ1n) is 5.20. The summed E-state index contributed by atoms with van der Waals surface area (Å²) in [5, 5.41) is 0. The molecule has 0 bridgehead atoms. The number of rotatable bonds is 5. The Labute approximate surface area is 105 Å². The summed E-state index contributed by atoms with van der Waals surface area (Å²) in [5.41, 5.74) is 0.716. The molecule has 0 saturated heterocycles. The summed E-state index contributed by atoms with van der Waals surface area (Å²) in [5.74, 6) is 0.00284. The summed E-state index contributed by atoms with van der Waals surface area (Å²) in [6.07, 6.45) is 0.288. The van der Waals surface area contributed by atoms with Gasteiger partial charge < -0.3 is 9.64 Å². The molecular weight excluding hydrogens is 245 g/mol. The largest absolute Gasteiger partial charge is 0.494 e. The number of hydrogen-bond acceptors (Lipinski definition) is 2. The minimum atomic E-state index is -0.428. The maximum absolute atomic E-state index is 13.4. The standard InChI is InChI=1S/C12H15ClFNO2/c1-15(12(16)5-6-13)8-9-3-4-11(17-2)10(14)7-9/h3-4,7H,5-6,8H2,1-2H3. The number of benzene rings is 1. The van der Waals surface area contributed by atoms with Crippen LogP contribution in [0.25, 0.3) is 0 Å². The third-order valence-corrected chi connectivity index (χ3v) is 2.56. The van der Waals surface area contributed by atoms with Crippen molar-refractivity contribution in [2.24, 2.45) is 0 Å². The van der Waals surface area contributed by atoms with Gasteiger partial charge >= 0.3 is 0 Å². The number of alkyl halides is 1. The predicted octanol–water partition coefficient (Wildman–Crippen LogP) is 2.42. The van der Waals surface area contributed by atoms with Gasteiger partial charge in [-0.1, -0.05) is 6.07 Å². The van der Waals surface area contributed by atoms with Crippen molar-refractivity contribution >= 4 is 17.5 Å². The lowest BCUT2D eigenvalue weighted by molar-refractivity contribution is -0.129. The summed E-state index contributed by atoms with van der Waals surface area (Å²) in [4.78, 5) is 13.0. The molecule has 0 spiro atoms. The molecule has 0 N–H and O–H groups in total. The van der Waals surface area contributed by atoms with Crippen molar-refractivity contribution in [3.63, 3.8) is 0 Å². The number of nitrogens with zero attached hydrogens (tertiary/aromatic N) is 1. The lowest BCUT2D eigenvalue weighted by Crippen LogP contribution is -2.26. The highest BCUT2D eigenvalue weighted by atomic mass is 35.5. The summed E-state index contributed by atoms with van der Waals surface area (Å²) >= 11 is 5.48. The van der Waals surface area contributed by atoms with Crippen LogP contribution in [-0.4, -0.2) is 30.8 Å². The van der Waals surface area contributed by atoms with Crippen LogP contribution in [-0.2, 0) is 11.3 Å². The predicted molar refractivity (Wildman–Crippen MR) is 64.8 cm³/mol.